The van der Waals surface area contributed by atoms with Gasteiger partial charge >= 0.3 is 0 Å². The van der Waals surface area contributed by atoms with Gasteiger partial charge in [0.2, 0.25) is 0 Å². The first-order valence-electron chi connectivity index (χ1n) is 6.37. The van der Waals surface area contributed by atoms with E-state index in [-0.39, 0.29) is 28.4 Å². The Hall–Kier alpha value is -1.67. The molecule has 0 radical (unpaired) electrons. The fraction of sp³-hybridized carbons (Fsp3) is 0.143. The number of rotatable bonds is 5. The third-order valence-corrected chi connectivity index (χ3v) is 4.27. The lowest BCUT2D eigenvalue weighted by molar-refractivity contribution is 0.0997. The van der Waals surface area contributed by atoms with Gasteiger partial charge in [-0.15, -0.1) is 0 Å². The minimum absolute atomic E-state index is 0.00115. The molecule has 2 rings (SSSR count). The molecule has 0 spiro atoms. The van der Waals surface area contributed by atoms with Crippen molar-refractivity contribution in [3.63, 3.8) is 0 Å². The van der Waals surface area contributed by atoms with E-state index < -0.39 is 17.0 Å². The maximum atomic E-state index is 11.4. The molecule has 0 saturated carbocycles. The third kappa shape index (κ3) is 4.42. The topological polar surface area (TPSA) is 109 Å². The van der Waals surface area contributed by atoms with E-state index in [1.807, 2.05) is 0 Å². The number of pyridine rings is 1. The molecule has 2 aromatic rings. The highest BCUT2D eigenvalue weighted by atomic mass is 35.5. The lowest BCUT2D eigenvalue weighted by Crippen LogP contribution is -2.29. The quantitative estimate of drug-likeness (QED) is 0.698. The highest BCUT2D eigenvalue weighted by Crippen LogP contribution is 2.20. The van der Waals surface area contributed by atoms with E-state index in [0.717, 1.165) is 0 Å². The van der Waals surface area contributed by atoms with Gasteiger partial charge < -0.3 is 14.9 Å². The molecule has 1 aromatic heterocycles. The van der Waals surface area contributed by atoms with Crippen molar-refractivity contribution >= 4 is 40.2 Å². The zero-order valence-corrected chi connectivity index (χ0v) is 14.1. The standard InChI is InChI=1S/C14H13Cl2N3O3S/c15-10-4-11(14(18)20)13(17)19(6-10)5-9-3-8(7-23(21)22)1-2-12(9)16/h1-4,6,17H,5,7H2,(H2,18,20)(H,21,22). The Morgan fingerprint density at radius 2 is 2.04 bits per heavy atom. The molecule has 0 bridgehead atoms. The predicted molar refractivity (Wildman–Crippen MR) is 88.8 cm³/mol. The van der Waals surface area contributed by atoms with Crippen LogP contribution in [0.25, 0.3) is 0 Å². The average Bonchev–Trinajstić information content (AvgIpc) is 2.45. The zero-order valence-electron chi connectivity index (χ0n) is 11.8. The summed E-state index contributed by atoms with van der Waals surface area (Å²) in [5.41, 5.74) is 6.41. The van der Waals surface area contributed by atoms with Crippen molar-refractivity contribution in [1.29, 1.82) is 5.41 Å². The minimum Gasteiger partial charge on any atom is -0.365 e. The largest absolute Gasteiger partial charge is 0.365 e. The number of halogens is 2. The summed E-state index contributed by atoms with van der Waals surface area (Å²) in [5.74, 6) is -0.772. The Labute approximate surface area is 144 Å². The van der Waals surface area contributed by atoms with Crippen molar-refractivity contribution in [2.45, 2.75) is 12.3 Å². The van der Waals surface area contributed by atoms with E-state index in [4.69, 9.17) is 38.9 Å². The van der Waals surface area contributed by atoms with Crippen LogP contribution in [-0.2, 0) is 23.4 Å². The molecule has 6 nitrogen and oxygen atoms in total. The molecule has 1 unspecified atom stereocenters. The van der Waals surface area contributed by atoms with Crippen LogP contribution in [0.1, 0.15) is 21.5 Å². The lowest BCUT2D eigenvalue weighted by atomic mass is 10.1. The summed E-state index contributed by atoms with van der Waals surface area (Å²) in [4.78, 5) is 11.4. The number of aromatic nitrogens is 1. The van der Waals surface area contributed by atoms with Crippen LogP contribution < -0.4 is 11.2 Å². The van der Waals surface area contributed by atoms with E-state index in [2.05, 4.69) is 0 Å². The molecule has 1 amide bonds. The SMILES string of the molecule is N=c1c(C(N)=O)cc(Cl)cn1Cc1cc(CS(=O)O)ccc1Cl. The molecule has 1 heterocycles. The highest BCUT2D eigenvalue weighted by Gasteiger charge is 2.11. The monoisotopic (exact) mass is 373 g/mol. The van der Waals surface area contributed by atoms with Gasteiger partial charge in [0.15, 0.2) is 11.1 Å². The number of nitrogens with zero attached hydrogens (tertiary/aromatic N) is 1. The number of carbonyl (C=O) groups is 1. The van der Waals surface area contributed by atoms with Crippen molar-refractivity contribution < 1.29 is 13.6 Å². The number of primary amides is 1. The number of benzene rings is 1. The highest BCUT2D eigenvalue weighted by molar-refractivity contribution is 7.78. The predicted octanol–water partition coefficient (Wildman–Crippen LogP) is 2.14. The van der Waals surface area contributed by atoms with Gasteiger partial charge in [0.1, 0.15) is 5.49 Å². The summed E-state index contributed by atoms with van der Waals surface area (Å²) in [5, 5.41) is 8.73. The summed E-state index contributed by atoms with van der Waals surface area (Å²) in [6.45, 7) is 0.171. The van der Waals surface area contributed by atoms with E-state index in [9.17, 15) is 9.00 Å². The van der Waals surface area contributed by atoms with E-state index in [1.54, 1.807) is 18.2 Å². The Balaban J connectivity index is 2.45. The molecule has 9 heteroatoms. The van der Waals surface area contributed by atoms with Gasteiger partial charge in [0, 0.05) is 11.2 Å². The van der Waals surface area contributed by atoms with Gasteiger partial charge in [0.25, 0.3) is 5.91 Å². The summed E-state index contributed by atoms with van der Waals surface area (Å²) in [6.07, 6.45) is 1.49. The first-order valence-corrected chi connectivity index (χ1v) is 8.40. The van der Waals surface area contributed by atoms with Gasteiger partial charge in [-0.25, -0.2) is 4.21 Å². The van der Waals surface area contributed by atoms with Crippen LogP contribution in [0.3, 0.4) is 0 Å². The number of carbonyl (C=O) groups excluding carboxylic acids is 1. The van der Waals surface area contributed by atoms with Crippen LogP contribution in [0.5, 0.6) is 0 Å². The van der Waals surface area contributed by atoms with E-state index in [0.29, 0.717) is 16.1 Å². The zero-order chi connectivity index (χ0) is 17.1. The maximum Gasteiger partial charge on any atom is 0.252 e. The Morgan fingerprint density at radius 1 is 1.35 bits per heavy atom. The van der Waals surface area contributed by atoms with Gasteiger partial charge in [-0.1, -0.05) is 35.3 Å². The average molecular weight is 374 g/mol. The second-order valence-corrected chi connectivity index (χ2v) is 6.58. The van der Waals surface area contributed by atoms with Crippen LogP contribution in [0, 0.1) is 5.41 Å². The molecule has 0 aliphatic carbocycles. The molecule has 4 N–H and O–H groups in total. The number of amides is 1. The number of nitrogens with one attached hydrogen (secondary N) is 1. The maximum absolute atomic E-state index is 11.4. The van der Waals surface area contributed by atoms with Crippen LogP contribution in [0.4, 0.5) is 0 Å². The van der Waals surface area contributed by atoms with Crippen molar-refractivity contribution in [1.82, 2.24) is 4.57 Å². The Bertz CT molecular complexity index is 852. The Kier molecular flexibility index (Phi) is 5.59. The van der Waals surface area contributed by atoms with Crippen molar-refractivity contribution in [3.05, 3.63) is 62.7 Å². The number of hydrogen-bond donors (Lipinski definition) is 3. The van der Waals surface area contributed by atoms with Crippen LogP contribution >= 0.6 is 23.2 Å². The minimum atomic E-state index is -1.97. The first kappa shape index (κ1) is 17.7. The summed E-state index contributed by atoms with van der Waals surface area (Å²) >= 11 is 10.1. The Morgan fingerprint density at radius 3 is 2.65 bits per heavy atom. The van der Waals surface area contributed by atoms with E-state index >= 15 is 0 Å². The first-order chi connectivity index (χ1) is 10.8. The van der Waals surface area contributed by atoms with Crippen molar-refractivity contribution in [3.8, 4) is 0 Å². The summed E-state index contributed by atoms with van der Waals surface area (Å²) in [7, 11) is 0. The fourth-order valence-corrected chi connectivity index (χ4v) is 2.96. The molecule has 0 fully saturated rings. The molecular weight excluding hydrogens is 361 g/mol. The molecule has 23 heavy (non-hydrogen) atoms. The molecule has 1 aromatic carbocycles. The van der Waals surface area contributed by atoms with Gasteiger partial charge in [-0.2, -0.15) is 0 Å². The van der Waals surface area contributed by atoms with Crippen LogP contribution in [-0.4, -0.2) is 19.2 Å². The van der Waals surface area contributed by atoms with Crippen LogP contribution in [0.15, 0.2) is 30.5 Å². The van der Waals surface area contributed by atoms with Gasteiger partial charge in [-0.05, 0) is 23.3 Å². The lowest BCUT2D eigenvalue weighted by Gasteiger charge is -2.12. The van der Waals surface area contributed by atoms with Gasteiger partial charge in [0.05, 0.1) is 22.9 Å². The molecular formula is C14H13Cl2N3O3S. The smallest absolute Gasteiger partial charge is 0.252 e. The molecule has 0 saturated heterocycles. The second-order valence-electron chi connectivity index (χ2n) is 4.80. The number of nitrogens with two attached hydrogens (primary N) is 1. The summed E-state index contributed by atoms with van der Waals surface area (Å²) < 4.78 is 21.3. The van der Waals surface area contributed by atoms with E-state index in [1.165, 1.54) is 16.8 Å². The third-order valence-electron chi connectivity index (χ3n) is 3.11. The fourth-order valence-electron chi connectivity index (χ4n) is 2.09. The van der Waals surface area contributed by atoms with Crippen molar-refractivity contribution in [2.24, 2.45) is 5.73 Å². The van der Waals surface area contributed by atoms with Gasteiger partial charge in [-0.3, -0.25) is 10.2 Å². The number of hydrogen-bond acceptors (Lipinski definition) is 3. The van der Waals surface area contributed by atoms with Crippen molar-refractivity contribution in [2.75, 3.05) is 0 Å². The molecule has 0 aliphatic heterocycles. The molecule has 122 valence electrons. The molecule has 1 atom stereocenters. The second kappa shape index (κ2) is 7.27. The molecule has 0 aliphatic rings. The summed E-state index contributed by atoms with van der Waals surface area (Å²) in [6, 6.07) is 6.27. The van der Waals surface area contributed by atoms with Crippen LogP contribution in [0.2, 0.25) is 10.0 Å². The normalized spacial score (nSPS) is 12.1.